The van der Waals surface area contributed by atoms with E-state index >= 15 is 0 Å². The average molecular weight is 473 g/mol. The van der Waals surface area contributed by atoms with E-state index in [1.165, 1.54) is 26.8 Å². The molecule has 0 aliphatic heterocycles. The lowest BCUT2D eigenvalue weighted by atomic mass is 10.1. The van der Waals surface area contributed by atoms with Crippen molar-refractivity contribution in [3.8, 4) is 10.4 Å². The van der Waals surface area contributed by atoms with E-state index < -0.39 is 0 Å². The highest BCUT2D eigenvalue weighted by molar-refractivity contribution is 7.22. The van der Waals surface area contributed by atoms with Crippen molar-refractivity contribution in [1.29, 1.82) is 0 Å². The molecule has 0 bridgehead atoms. The molecular weight excluding hydrogens is 444 g/mol. The van der Waals surface area contributed by atoms with Gasteiger partial charge in [-0.2, -0.15) is 0 Å². The van der Waals surface area contributed by atoms with Crippen molar-refractivity contribution in [2.75, 3.05) is 31.7 Å². The first-order chi connectivity index (χ1) is 16.7. The Labute approximate surface area is 202 Å². The molecule has 5 rings (SSSR count). The molecule has 0 aliphatic rings. The summed E-state index contributed by atoms with van der Waals surface area (Å²) in [5, 5.41) is 18.0. The molecule has 5 aromatic rings. The fraction of sp³-hybridized carbons (Fsp3) is 0.222. The zero-order valence-electron chi connectivity index (χ0n) is 19.1. The van der Waals surface area contributed by atoms with Crippen molar-refractivity contribution in [1.82, 2.24) is 15.3 Å². The lowest BCUT2D eigenvalue weighted by molar-refractivity contribution is 0.0938. The molecule has 0 unspecified atom stereocenters. The summed E-state index contributed by atoms with van der Waals surface area (Å²) in [7, 11) is 0. The van der Waals surface area contributed by atoms with Crippen LogP contribution in [0.4, 0.5) is 11.5 Å². The number of aromatic nitrogens is 2. The van der Waals surface area contributed by atoms with Gasteiger partial charge in [0.25, 0.3) is 0 Å². The van der Waals surface area contributed by atoms with Gasteiger partial charge in [0.05, 0.1) is 24.5 Å². The molecule has 0 aliphatic carbocycles. The Bertz CT molecular complexity index is 1390. The number of aliphatic hydroxyl groups is 1. The van der Waals surface area contributed by atoms with E-state index in [0.29, 0.717) is 13.2 Å². The first-order valence-electron chi connectivity index (χ1n) is 11.4. The molecule has 4 N–H and O–H groups in total. The molecule has 0 amide bonds. The third kappa shape index (κ3) is 5.13. The van der Waals surface area contributed by atoms with Crippen molar-refractivity contribution in [2.24, 2.45) is 0 Å². The molecule has 34 heavy (non-hydrogen) atoms. The normalized spacial score (nSPS) is 11.5. The number of aromatic amines is 1. The number of aryl methyl sites for hydroxylation is 1. The number of nitrogens with zero attached hydrogens (tertiary/aromatic N) is 1. The summed E-state index contributed by atoms with van der Waals surface area (Å²) in [6, 6.07) is 21.5. The lowest BCUT2D eigenvalue weighted by Crippen LogP contribution is -2.19. The second-order valence-electron chi connectivity index (χ2n) is 8.28. The summed E-state index contributed by atoms with van der Waals surface area (Å²) in [6.07, 6.45) is 1.86. The molecular formula is C27H28N4O2S. The van der Waals surface area contributed by atoms with Gasteiger partial charge in [-0.15, -0.1) is 11.3 Å². The van der Waals surface area contributed by atoms with Crippen molar-refractivity contribution < 1.29 is 9.84 Å². The van der Waals surface area contributed by atoms with Crippen molar-refractivity contribution in [3.63, 3.8) is 0 Å². The molecule has 174 valence electrons. The van der Waals surface area contributed by atoms with Crippen LogP contribution >= 0.6 is 11.3 Å². The monoisotopic (exact) mass is 472 g/mol. The van der Waals surface area contributed by atoms with Gasteiger partial charge in [-0.05, 0) is 59.8 Å². The van der Waals surface area contributed by atoms with Crippen LogP contribution in [-0.2, 0) is 11.3 Å². The van der Waals surface area contributed by atoms with Crippen LogP contribution in [0.15, 0.2) is 66.9 Å². The number of ether oxygens (including phenoxy) is 1. The predicted molar refractivity (Wildman–Crippen MR) is 141 cm³/mol. The highest BCUT2D eigenvalue weighted by Crippen LogP contribution is 2.37. The van der Waals surface area contributed by atoms with Crippen LogP contribution in [0.1, 0.15) is 11.3 Å². The summed E-state index contributed by atoms with van der Waals surface area (Å²) < 4.78 is 6.42. The zero-order valence-corrected chi connectivity index (χ0v) is 19.9. The summed E-state index contributed by atoms with van der Waals surface area (Å²) in [6.45, 7) is 4.68. The Kier molecular flexibility index (Phi) is 6.87. The van der Waals surface area contributed by atoms with Gasteiger partial charge in [0.15, 0.2) is 0 Å². The number of hydrogen-bond acceptors (Lipinski definition) is 6. The third-order valence-corrected chi connectivity index (χ3v) is 6.88. The van der Waals surface area contributed by atoms with E-state index in [2.05, 4.69) is 88.2 Å². The van der Waals surface area contributed by atoms with Gasteiger partial charge in [0.2, 0.25) is 0 Å². The van der Waals surface area contributed by atoms with Gasteiger partial charge < -0.3 is 25.5 Å². The summed E-state index contributed by atoms with van der Waals surface area (Å²) in [4.78, 5) is 9.22. The molecule has 6 nitrogen and oxygen atoms in total. The molecule has 3 aromatic heterocycles. The quantitative estimate of drug-likeness (QED) is 0.199. The minimum atomic E-state index is 0.0653. The Morgan fingerprint density at radius 1 is 1.00 bits per heavy atom. The largest absolute Gasteiger partial charge is 0.394 e. The maximum absolute atomic E-state index is 8.73. The topological polar surface area (TPSA) is 82.2 Å². The first-order valence-corrected chi connectivity index (χ1v) is 12.2. The molecule has 0 spiro atoms. The van der Waals surface area contributed by atoms with Crippen LogP contribution in [0.5, 0.6) is 0 Å². The second-order valence-corrected chi connectivity index (χ2v) is 9.33. The van der Waals surface area contributed by atoms with Gasteiger partial charge >= 0.3 is 0 Å². The van der Waals surface area contributed by atoms with E-state index in [4.69, 9.17) is 9.84 Å². The molecule has 2 aromatic carbocycles. The highest BCUT2D eigenvalue weighted by atomic mass is 32.1. The van der Waals surface area contributed by atoms with E-state index in [9.17, 15) is 0 Å². The highest BCUT2D eigenvalue weighted by Gasteiger charge is 2.10. The molecule has 3 heterocycles. The Morgan fingerprint density at radius 2 is 1.88 bits per heavy atom. The molecule has 0 saturated heterocycles. The first kappa shape index (κ1) is 22.6. The smallest absolute Gasteiger partial charge is 0.148 e. The van der Waals surface area contributed by atoms with Gasteiger partial charge in [-0.1, -0.05) is 24.3 Å². The number of nitrogens with one attached hydrogen (secondary N) is 3. The van der Waals surface area contributed by atoms with Crippen LogP contribution < -0.4 is 10.6 Å². The van der Waals surface area contributed by atoms with E-state index in [0.717, 1.165) is 40.5 Å². The van der Waals surface area contributed by atoms with Crippen LogP contribution in [0.3, 0.4) is 0 Å². The summed E-state index contributed by atoms with van der Waals surface area (Å²) in [5.41, 5.74) is 5.75. The number of anilines is 2. The minimum absolute atomic E-state index is 0.0653. The average Bonchev–Trinajstić information content (AvgIpc) is 3.45. The standard InChI is InChI=1S/C27H28N4O2S/c1-18-14-22-15-23(6-7-24(22)30-18)31-27-26-21(8-9-29-27)16-25(34-26)20-4-2-19(3-5-20)17-28-10-12-33-13-11-32/h2-9,14-16,28,30,32H,10-13,17H2,1H3,(H,29,31). The van der Waals surface area contributed by atoms with Gasteiger partial charge in [-0.25, -0.2) is 4.98 Å². The van der Waals surface area contributed by atoms with Gasteiger partial charge in [0.1, 0.15) is 5.82 Å². The second kappa shape index (κ2) is 10.4. The summed E-state index contributed by atoms with van der Waals surface area (Å²) >= 11 is 1.76. The molecule has 7 heteroatoms. The van der Waals surface area contributed by atoms with Crippen LogP contribution in [0.25, 0.3) is 31.4 Å². The Balaban J connectivity index is 1.30. The van der Waals surface area contributed by atoms with Crippen LogP contribution in [0.2, 0.25) is 0 Å². The zero-order chi connectivity index (χ0) is 23.3. The number of rotatable bonds is 10. The van der Waals surface area contributed by atoms with Gasteiger partial charge in [-0.3, -0.25) is 0 Å². The van der Waals surface area contributed by atoms with Crippen LogP contribution in [0, 0.1) is 6.92 Å². The molecule has 0 atom stereocenters. The number of H-pyrrole nitrogens is 1. The van der Waals surface area contributed by atoms with E-state index in [1.54, 1.807) is 11.3 Å². The predicted octanol–water partition coefficient (Wildman–Crippen LogP) is 5.60. The molecule has 0 radical (unpaired) electrons. The lowest BCUT2D eigenvalue weighted by Gasteiger charge is -2.07. The molecule has 0 fully saturated rings. The fourth-order valence-electron chi connectivity index (χ4n) is 4.02. The minimum Gasteiger partial charge on any atom is -0.394 e. The maximum atomic E-state index is 8.73. The fourth-order valence-corrected chi connectivity index (χ4v) is 5.12. The van der Waals surface area contributed by atoms with E-state index in [1.807, 2.05) is 6.20 Å². The number of hydrogen-bond donors (Lipinski definition) is 4. The third-order valence-electron chi connectivity index (χ3n) is 5.68. The van der Waals surface area contributed by atoms with Crippen molar-refractivity contribution >= 4 is 43.8 Å². The van der Waals surface area contributed by atoms with Crippen molar-refractivity contribution in [2.45, 2.75) is 13.5 Å². The van der Waals surface area contributed by atoms with E-state index in [-0.39, 0.29) is 6.61 Å². The molecule has 0 saturated carbocycles. The number of thiophene rings is 1. The number of aliphatic hydroxyl groups excluding tert-OH is 1. The van der Waals surface area contributed by atoms with Crippen LogP contribution in [-0.4, -0.2) is 41.4 Å². The van der Waals surface area contributed by atoms with Gasteiger partial charge in [0, 0.05) is 46.4 Å². The number of fused-ring (bicyclic) bond motifs is 2. The number of benzene rings is 2. The maximum Gasteiger partial charge on any atom is 0.148 e. The Hall–Kier alpha value is -3.23. The Morgan fingerprint density at radius 3 is 2.74 bits per heavy atom. The van der Waals surface area contributed by atoms with Crippen molar-refractivity contribution in [3.05, 3.63) is 78.1 Å². The SMILES string of the molecule is Cc1cc2cc(Nc3nccc4cc(-c5ccc(CNCCOCCO)cc5)sc34)ccc2[nH]1. The number of pyridine rings is 1. The summed E-state index contributed by atoms with van der Waals surface area (Å²) in [5.74, 6) is 0.879.